The fourth-order valence-electron chi connectivity index (χ4n) is 2.22. The van der Waals surface area contributed by atoms with Gasteiger partial charge < -0.3 is 14.2 Å². The number of hydrogen-bond acceptors (Lipinski definition) is 3. The first-order chi connectivity index (χ1) is 9.69. The fourth-order valence-corrected chi connectivity index (χ4v) is 2.22. The van der Waals surface area contributed by atoms with E-state index in [0.717, 1.165) is 28.2 Å². The molecule has 0 aliphatic rings. The van der Waals surface area contributed by atoms with E-state index in [2.05, 4.69) is 31.2 Å². The van der Waals surface area contributed by atoms with Crippen molar-refractivity contribution < 1.29 is 14.2 Å². The van der Waals surface area contributed by atoms with E-state index in [1.54, 1.807) is 21.3 Å². The number of aryl methyl sites for hydroxylation is 1. The van der Waals surface area contributed by atoms with E-state index in [9.17, 15) is 0 Å². The Morgan fingerprint density at radius 3 is 1.85 bits per heavy atom. The second-order valence-electron chi connectivity index (χ2n) is 4.67. The molecule has 0 N–H and O–H groups in total. The quantitative estimate of drug-likeness (QED) is 0.828. The summed E-state index contributed by atoms with van der Waals surface area (Å²) in [6.45, 7) is 2.60. The average molecular weight is 272 g/mol. The summed E-state index contributed by atoms with van der Waals surface area (Å²) in [7, 11) is 5.01. The van der Waals surface area contributed by atoms with Crippen LogP contribution in [0.4, 0.5) is 0 Å². The molecule has 0 amide bonds. The van der Waals surface area contributed by atoms with Crippen molar-refractivity contribution in [3.8, 4) is 22.6 Å². The van der Waals surface area contributed by atoms with Crippen molar-refractivity contribution in [3.63, 3.8) is 0 Å². The predicted octanol–water partition coefficient (Wildman–Crippen LogP) is 3.83. The minimum atomic E-state index is 0.529. The van der Waals surface area contributed by atoms with Crippen LogP contribution in [-0.2, 0) is 11.3 Å². The van der Waals surface area contributed by atoms with Gasteiger partial charge in [-0.1, -0.05) is 29.8 Å². The van der Waals surface area contributed by atoms with Gasteiger partial charge in [0.05, 0.1) is 26.4 Å². The van der Waals surface area contributed by atoms with Crippen LogP contribution in [0.1, 0.15) is 11.1 Å². The lowest BCUT2D eigenvalue weighted by atomic mass is 10.00. The zero-order chi connectivity index (χ0) is 14.5. The molecule has 0 unspecified atom stereocenters. The van der Waals surface area contributed by atoms with Crippen molar-refractivity contribution in [1.82, 2.24) is 0 Å². The SMILES string of the molecule is COCc1cc(OC)c(-c2ccc(C)cc2)c(OC)c1. The lowest BCUT2D eigenvalue weighted by molar-refractivity contribution is 0.184. The van der Waals surface area contributed by atoms with Crippen LogP contribution in [0, 0.1) is 6.92 Å². The summed E-state index contributed by atoms with van der Waals surface area (Å²) in [5.41, 5.74) is 4.29. The summed E-state index contributed by atoms with van der Waals surface area (Å²) in [6, 6.07) is 12.3. The molecule has 2 rings (SSSR count). The van der Waals surface area contributed by atoms with Crippen LogP contribution in [0.2, 0.25) is 0 Å². The van der Waals surface area contributed by atoms with Gasteiger partial charge in [0.15, 0.2) is 0 Å². The Balaban J connectivity index is 2.57. The van der Waals surface area contributed by atoms with E-state index >= 15 is 0 Å². The molecular formula is C17H20O3. The second-order valence-corrected chi connectivity index (χ2v) is 4.67. The van der Waals surface area contributed by atoms with E-state index in [4.69, 9.17) is 14.2 Å². The molecule has 0 saturated carbocycles. The molecule has 0 radical (unpaired) electrons. The fraction of sp³-hybridized carbons (Fsp3) is 0.294. The highest BCUT2D eigenvalue weighted by Gasteiger charge is 2.14. The maximum atomic E-state index is 5.52. The highest BCUT2D eigenvalue weighted by atomic mass is 16.5. The highest BCUT2D eigenvalue weighted by molar-refractivity contribution is 5.77. The number of ether oxygens (including phenoxy) is 3. The number of hydrogen-bond donors (Lipinski definition) is 0. The number of rotatable bonds is 5. The van der Waals surface area contributed by atoms with Crippen LogP contribution in [0.15, 0.2) is 36.4 Å². The van der Waals surface area contributed by atoms with Gasteiger partial charge in [-0.15, -0.1) is 0 Å². The second kappa shape index (κ2) is 6.44. The molecule has 0 fully saturated rings. The molecule has 0 atom stereocenters. The van der Waals surface area contributed by atoms with Crippen molar-refractivity contribution in [1.29, 1.82) is 0 Å². The van der Waals surface area contributed by atoms with Crippen LogP contribution in [-0.4, -0.2) is 21.3 Å². The molecule has 20 heavy (non-hydrogen) atoms. The summed E-state index contributed by atoms with van der Waals surface area (Å²) in [5, 5.41) is 0. The maximum Gasteiger partial charge on any atom is 0.130 e. The largest absolute Gasteiger partial charge is 0.496 e. The lowest BCUT2D eigenvalue weighted by Crippen LogP contribution is -1.97. The van der Waals surface area contributed by atoms with Crippen molar-refractivity contribution >= 4 is 0 Å². The monoisotopic (exact) mass is 272 g/mol. The Hall–Kier alpha value is -2.00. The van der Waals surface area contributed by atoms with Crippen molar-refractivity contribution in [2.24, 2.45) is 0 Å². The van der Waals surface area contributed by atoms with Crippen LogP contribution in [0.25, 0.3) is 11.1 Å². The number of benzene rings is 2. The lowest BCUT2D eigenvalue weighted by Gasteiger charge is -2.15. The zero-order valence-electron chi connectivity index (χ0n) is 12.4. The Morgan fingerprint density at radius 2 is 1.40 bits per heavy atom. The molecule has 0 saturated heterocycles. The summed E-state index contributed by atoms with van der Waals surface area (Å²) in [4.78, 5) is 0. The van der Waals surface area contributed by atoms with E-state index in [-0.39, 0.29) is 0 Å². The first kappa shape index (κ1) is 14.4. The summed E-state index contributed by atoms with van der Waals surface area (Å²) in [6.07, 6.45) is 0. The Bertz CT molecular complexity index is 548. The molecule has 2 aromatic rings. The normalized spacial score (nSPS) is 10.4. The standard InChI is InChI=1S/C17H20O3/c1-12-5-7-14(8-6-12)17-15(19-3)9-13(11-18-2)10-16(17)20-4/h5-10H,11H2,1-4H3. The Kier molecular flexibility index (Phi) is 4.64. The molecule has 0 aromatic heterocycles. The van der Waals surface area contributed by atoms with Gasteiger partial charge in [-0.25, -0.2) is 0 Å². The maximum absolute atomic E-state index is 5.52. The molecule has 0 aliphatic heterocycles. The van der Waals surface area contributed by atoms with Gasteiger partial charge in [-0.05, 0) is 30.2 Å². The Morgan fingerprint density at radius 1 is 0.850 bits per heavy atom. The average Bonchev–Trinajstić information content (AvgIpc) is 2.47. The van der Waals surface area contributed by atoms with Crippen LogP contribution in [0.3, 0.4) is 0 Å². The Labute approximate surface area is 120 Å². The smallest absolute Gasteiger partial charge is 0.130 e. The molecule has 0 spiro atoms. The molecule has 0 heterocycles. The van der Waals surface area contributed by atoms with E-state index in [1.807, 2.05) is 12.1 Å². The molecule has 3 heteroatoms. The summed E-state index contributed by atoms with van der Waals surface area (Å²) >= 11 is 0. The predicted molar refractivity (Wildman–Crippen MR) is 80.4 cm³/mol. The number of methoxy groups -OCH3 is 3. The van der Waals surface area contributed by atoms with E-state index in [0.29, 0.717) is 6.61 Å². The van der Waals surface area contributed by atoms with Crippen molar-refractivity contribution in [2.75, 3.05) is 21.3 Å². The van der Waals surface area contributed by atoms with Gasteiger partial charge >= 0.3 is 0 Å². The highest BCUT2D eigenvalue weighted by Crippen LogP contribution is 2.39. The molecule has 2 aromatic carbocycles. The van der Waals surface area contributed by atoms with E-state index in [1.165, 1.54) is 5.56 Å². The van der Waals surface area contributed by atoms with Gasteiger partial charge in [0, 0.05) is 7.11 Å². The summed E-state index contributed by atoms with van der Waals surface area (Å²) < 4.78 is 16.2. The minimum Gasteiger partial charge on any atom is -0.496 e. The minimum absolute atomic E-state index is 0.529. The first-order valence-corrected chi connectivity index (χ1v) is 6.50. The summed E-state index contributed by atoms with van der Waals surface area (Å²) in [5.74, 6) is 1.58. The molecular weight excluding hydrogens is 252 g/mol. The van der Waals surface area contributed by atoms with Crippen molar-refractivity contribution in [3.05, 3.63) is 47.5 Å². The first-order valence-electron chi connectivity index (χ1n) is 6.50. The van der Waals surface area contributed by atoms with Gasteiger partial charge in [-0.2, -0.15) is 0 Å². The molecule has 0 bridgehead atoms. The van der Waals surface area contributed by atoms with Crippen LogP contribution < -0.4 is 9.47 Å². The third-order valence-electron chi connectivity index (χ3n) is 3.22. The van der Waals surface area contributed by atoms with Crippen LogP contribution >= 0.6 is 0 Å². The molecule has 3 nitrogen and oxygen atoms in total. The topological polar surface area (TPSA) is 27.7 Å². The third kappa shape index (κ3) is 2.94. The van der Waals surface area contributed by atoms with Gasteiger partial charge in [0.2, 0.25) is 0 Å². The van der Waals surface area contributed by atoms with E-state index < -0.39 is 0 Å². The molecule has 106 valence electrons. The van der Waals surface area contributed by atoms with Crippen molar-refractivity contribution in [2.45, 2.75) is 13.5 Å². The van der Waals surface area contributed by atoms with Gasteiger partial charge in [0.1, 0.15) is 11.5 Å². The van der Waals surface area contributed by atoms with Gasteiger partial charge in [-0.3, -0.25) is 0 Å². The zero-order valence-corrected chi connectivity index (χ0v) is 12.4. The molecule has 0 aliphatic carbocycles. The third-order valence-corrected chi connectivity index (χ3v) is 3.22. The van der Waals surface area contributed by atoms with Crippen LogP contribution in [0.5, 0.6) is 11.5 Å². The van der Waals surface area contributed by atoms with Gasteiger partial charge in [0.25, 0.3) is 0 Å².